The number of carbonyl (C=O) groups excluding carboxylic acids is 1. The second-order valence-corrected chi connectivity index (χ2v) is 6.83. The highest BCUT2D eigenvalue weighted by Crippen LogP contribution is 2.25. The number of guanidine groups is 1. The van der Waals surface area contributed by atoms with E-state index in [0.29, 0.717) is 49.9 Å². The van der Waals surface area contributed by atoms with Gasteiger partial charge in [-0.3, -0.25) is 9.79 Å². The Bertz CT molecular complexity index is 591. The summed E-state index contributed by atoms with van der Waals surface area (Å²) in [4.78, 5) is 16.1. The maximum absolute atomic E-state index is 13.6. The van der Waals surface area contributed by atoms with Gasteiger partial charge in [-0.15, -0.1) is 24.0 Å². The van der Waals surface area contributed by atoms with Crippen LogP contribution in [0.25, 0.3) is 0 Å². The Morgan fingerprint density at radius 3 is 2.44 bits per heavy atom. The van der Waals surface area contributed by atoms with Crippen LogP contribution in [0.15, 0.2) is 29.3 Å². The van der Waals surface area contributed by atoms with Gasteiger partial charge in [0.1, 0.15) is 5.82 Å². The van der Waals surface area contributed by atoms with Gasteiger partial charge in [0.25, 0.3) is 0 Å². The number of aliphatic imine (C=N–C) groups is 1. The minimum absolute atomic E-state index is 0. The summed E-state index contributed by atoms with van der Waals surface area (Å²) in [5.74, 6) is 1.17. The van der Waals surface area contributed by atoms with Crippen molar-refractivity contribution >= 4 is 35.8 Å². The first-order chi connectivity index (χ1) is 12.7. The normalized spacial score (nSPS) is 15.0. The maximum Gasteiger partial charge on any atom is 0.220 e. The highest BCUT2D eigenvalue weighted by molar-refractivity contribution is 14.0. The first kappa shape index (κ1) is 23.7. The fraction of sp³-hybridized carbons (Fsp3) is 0.600. The molecule has 1 aromatic carbocycles. The molecule has 0 bridgehead atoms. The minimum Gasteiger partial charge on any atom is -0.356 e. The molecule has 0 aromatic heterocycles. The number of nitrogens with one attached hydrogen (secondary N) is 3. The Kier molecular flexibility index (Phi) is 12.0. The molecule has 1 aromatic rings. The van der Waals surface area contributed by atoms with Crippen LogP contribution in [0, 0.1) is 11.7 Å². The Hall–Kier alpha value is -1.38. The van der Waals surface area contributed by atoms with Crippen molar-refractivity contribution in [1.29, 1.82) is 0 Å². The summed E-state index contributed by atoms with van der Waals surface area (Å²) in [7, 11) is 1.69. The lowest BCUT2D eigenvalue weighted by atomic mass is 9.87. The molecule has 1 aliphatic rings. The Labute approximate surface area is 179 Å². The fourth-order valence-electron chi connectivity index (χ4n) is 3.35. The molecule has 1 amide bonds. The van der Waals surface area contributed by atoms with E-state index in [-0.39, 0.29) is 35.7 Å². The van der Waals surface area contributed by atoms with E-state index in [1.54, 1.807) is 19.2 Å². The summed E-state index contributed by atoms with van der Waals surface area (Å²) in [5.41, 5.74) is 0.686. The predicted molar refractivity (Wildman–Crippen MR) is 119 cm³/mol. The summed E-state index contributed by atoms with van der Waals surface area (Å²) in [6.45, 7) is 1.77. The first-order valence-electron chi connectivity index (χ1n) is 9.63. The number of carbonyl (C=O) groups is 1. The molecule has 5 nitrogen and oxygen atoms in total. The van der Waals surface area contributed by atoms with E-state index in [0.717, 1.165) is 0 Å². The first-order valence-corrected chi connectivity index (χ1v) is 9.63. The van der Waals surface area contributed by atoms with Crippen LogP contribution in [0.2, 0.25) is 0 Å². The Balaban J connectivity index is 0.00000364. The second-order valence-electron chi connectivity index (χ2n) is 6.83. The molecule has 1 fully saturated rings. The summed E-state index contributed by atoms with van der Waals surface area (Å²) >= 11 is 0. The van der Waals surface area contributed by atoms with Crippen LogP contribution in [0.1, 0.15) is 44.1 Å². The molecule has 3 N–H and O–H groups in total. The molecule has 0 radical (unpaired) electrons. The van der Waals surface area contributed by atoms with Crippen molar-refractivity contribution in [2.24, 2.45) is 10.9 Å². The molecule has 0 spiro atoms. The third kappa shape index (κ3) is 9.39. The van der Waals surface area contributed by atoms with E-state index in [1.165, 1.54) is 38.2 Å². The lowest BCUT2D eigenvalue weighted by Crippen LogP contribution is -2.42. The summed E-state index contributed by atoms with van der Waals surface area (Å²) in [6.07, 6.45) is 7.43. The van der Waals surface area contributed by atoms with Crippen LogP contribution < -0.4 is 16.0 Å². The second kappa shape index (κ2) is 13.7. The van der Waals surface area contributed by atoms with E-state index in [1.807, 2.05) is 6.07 Å². The Morgan fingerprint density at radius 1 is 1.07 bits per heavy atom. The molecule has 7 heteroatoms. The van der Waals surface area contributed by atoms with E-state index in [4.69, 9.17) is 0 Å². The quantitative estimate of drug-likeness (QED) is 0.227. The topological polar surface area (TPSA) is 65.5 Å². The van der Waals surface area contributed by atoms with E-state index >= 15 is 0 Å². The van der Waals surface area contributed by atoms with E-state index in [2.05, 4.69) is 20.9 Å². The molecule has 2 rings (SSSR count). The standard InChI is InChI=1S/C20H31FN4O.HI/c1-22-20(24-12-11-17-9-5-6-10-18(17)21)25-14-13-23-19(26)15-16-7-3-2-4-8-16;/h5-6,9-10,16H,2-4,7-8,11-15H2,1H3,(H,23,26)(H2,22,24,25);1H. The van der Waals surface area contributed by atoms with Crippen molar-refractivity contribution in [3.05, 3.63) is 35.6 Å². The molecular formula is C20H32FIN4O. The van der Waals surface area contributed by atoms with E-state index in [9.17, 15) is 9.18 Å². The van der Waals surface area contributed by atoms with Gasteiger partial charge >= 0.3 is 0 Å². The average Bonchev–Trinajstić information content (AvgIpc) is 2.66. The van der Waals surface area contributed by atoms with Gasteiger partial charge in [0.2, 0.25) is 5.91 Å². The number of rotatable bonds is 8. The fourth-order valence-corrected chi connectivity index (χ4v) is 3.35. The molecular weight excluding hydrogens is 458 g/mol. The van der Waals surface area contributed by atoms with Crippen molar-refractivity contribution in [3.63, 3.8) is 0 Å². The van der Waals surface area contributed by atoms with Crippen molar-refractivity contribution in [2.45, 2.75) is 44.9 Å². The number of hydrogen-bond acceptors (Lipinski definition) is 2. The van der Waals surface area contributed by atoms with Crippen molar-refractivity contribution in [3.8, 4) is 0 Å². The molecule has 0 heterocycles. The SMILES string of the molecule is CN=C(NCCNC(=O)CC1CCCCC1)NCCc1ccccc1F.I. The number of nitrogens with zero attached hydrogens (tertiary/aromatic N) is 1. The molecule has 1 aliphatic carbocycles. The van der Waals surface area contributed by atoms with Gasteiger partial charge in [-0.1, -0.05) is 37.5 Å². The molecule has 0 aliphatic heterocycles. The number of hydrogen-bond donors (Lipinski definition) is 3. The summed E-state index contributed by atoms with van der Waals surface area (Å²) in [5, 5.41) is 9.28. The molecule has 27 heavy (non-hydrogen) atoms. The number of amides is 1. The van der Waals surface area contributed by atoms with Gasteiger partial charge in [-0.05, 0) is 36.8 Å². The zero-order valence-corrected chi connectivity index (χ0v) is 18.4. The third-order valence-corrected chi connectivity index (χ3v) is 4.81. The van der Waals surface area contributed by atoms with Crippen LogP contribution in [-0.2, 0) is 11.2 Å². The van der Waals surface area contributed by atoms with Crippen LogP contribution in [-0.4, -0.2) is 38.5 Å². The number of benzene rings is 1. The summed E-state index contributed by atoms with van der Waals surface area (Å²) < 4.78 is 13.6. The third-order valence-electron chi connectivity index (χ3n) is 4.81. The molecule has 152 valence electrons. The number of halogens is 2. The van der Waals surface area contributed by atoms with Crippen LogP contribution in [0.4, 0.5) is 4.39 Å². The van der Waals surface area contributed by atoms with Crippen molar-refractivity contribution in [1.82, 2.24) is 16.0 Å². The van der Waals surface area contributed by atoms with Crippen molar-refractivity contribution < 1.29 is 9.18 Å². The highest BCUT2D eigenvalue weighted by Gasteiger charge is 2.16. The highest BCUT2D eigenvalue weighted by atomic mass is 127. The van der Waals surface area contributed by atoms with Gasteiger partial charge in [0, 0.05) is 33.1 Å². The average molecular weight is 490 g/mol. The van der Waals surface area contributed by atoms with Crippen molar-refractivity contribution in [2.75, 3.05) is 26.7 Å². The maximum atomic E-state index is 13.6. The van der Waals surface area contributed by atoms with Gasteiger partial charge in [-0.25, -0.2) is 4.39 Å². The minimum atomic E-state index is -0.182. The lowest BCUT2D eigenvalue weighted by molar-refractivity contribution is -0.122. The van der Waals surface area contributed by atoms with Gasteiger partial charge < -0.3 is 16.0 Å². The van der Waals surface area contributed by atoms with Gasteiger partial charge in [0.15, 0.2) is 5.96 Å². The van der Waals surface area contributed by atoms with Crippen LogP contribution in [0.3, 0.4) is 0 Å². The lowest BCUT2D eigenvalue weighted by Gasteiger charge is -2.20. The molecule has 0 unspecified atom stereocenters. The van der Waals surface area contributed by atoms with Crippen LogP contribution >= 0.6 is 24.0 Å². The molecule has 0 saturated heterocycles. The molecule has 1 saturated carbocycles. The van der Waals surface area contributed by atoms with Gasteiger partial charge in [-0.2, -0.15) is 0 Å². The largest absolute Gasteiger partial charge is 0.356 e. The predicted octanol–water partition coefficient (Wildman–Crippen LogP) is 3.24. The van der Waals surface area contributed by atoms with Gasteiger partial charge in [0.05, 0.1) is 0 Å². The monoisotopic (exact) mass is 490 g/mol. The smallest absolute Gasteiger partial charge is 0.220 e. The summed E-state index contributed by atoms with van der Waals surface area (Å²) in [6, 6.07) is 6.78. The molecule has 0 atom stereocenters. The zero-order chi connectivity index (χ0) is 18.6. The zero-order valence-electron chi connectivity index (χ0n) is 16.1. The van der Waals surface area contributed by atoms with E-state index < -0.39 is 0 Å². The van der Waals surface area contributed by atoms with Crippen LogP contribution in [0.5, 0.6) is 0 Å². The Morgan fingerprint density at radius 2 is 1.74 bits per heavy atom.